The van der Waals surface area contributed by atoms with E-state index in [2.05, 4.69) is 11.2 Å². The van der Waals surface area contributed by atoms with E-state index in [0.29, 0.717) is 5.56 Å². The van der Waals surface area contributed by atoms with E-state index in [1.54, 1.807) is 10.9 Å². The molecule has 1 rings (SSSR count). The summed E-state index contributed by atoms with van der Waals surface area (Å²) in [4.78, 5) is 0. The van der Waals surface area contributed by atoms with Crippen LogP contribution >= 0.6 is 0 Å². The zero-order valence-corrected chi connectivity index (χ0v) is 6.13. The van der Waals surface area contributed by atoms with Crippen molar-refractivity contribution in [1.29, 1.82) is 5.26 Å². The summed E-state index contributed by atoms with van der Waals surface area (Å²) in [6.45, 7) is 4.65. The Balaban J connectivity index is 3.07. The molecule has 0 saturated heterocycles. The fraction of sp³-hybridized carbons (Fsp3) is 0.429. The molecule has 0 unspecified atom stereocenters. The standard InChI is InChI=1S/C7H9N3/c1-3-10-5-7(4-8)6(2)9-10/h5H,3H2,1-2H3. The minimum Gasteiger partial charge on any atom is -0.271 e. The maximum Gasteiger partial charge on any atom is 0.103 e. The van der Waals surface area contributed by atoms with Crippen molar-refractivity contribution in [2.75, 3.05) is 0 Å². The van der Waals surface area contributed by atoms with Crippen molar-refractivity contribution < 1.29 is 0 Å². The van der Waals surface area contributed by atoms with Crippen LogP contribution in [0.25, 0.3) is 0 Å². The predicted molar refractivity (Wildman–Crippen MR) is 37.4 cm³/mol. The van der Waals surface area contributed by atoms with Crippen LogP contribution in [0, 0.1) is 18.3 Å². The quantitative estimate of drug-likeness (QED) is 0.578. The summed E-state index contributed by atoms with van der Waals surface area (Å²) >= 11 is 0. The van der Waals surface area contributed by atoms with E-state index >= 15 is 0 Å². The van der Waals surface area contributed by atoms with Crippen LogP contribution < -0.4 is 0 Å². The summed E-state index contributed by atoms with van der Waals surface area (Å²) < 4.78 is 1.76. The van der Waals surface area contributed by atoms with E-state index in [1.165, 1.54) is 0 Å². The normalized spacial score (nSPS) is 9.30. The van der Waals surface area contributed by atoms with Gasteiger partial charge in [0.15, 0.2) is 0 Å². The van der Waals surface area contributed by atoms with Gasteiger partial charge in [0.05, 0.1) is 11.3 Å². The Morgan fingerprint density at radius 3 is 2.80 bits per heavy atom. The molecule has 0 atom stereocenters. The van der Waals surface area contributed by atoms with Gasteiger partial charge in [0.1, 0.15) is 6.07 Å². The van der Waals surface area contributed by atoms with Crippen LogP contribution in [0.3, 0.4) is 0 Å². The summed E-state index contributed by atoms with van der Waals surface area (Å²) in [5, 5.41) is 12.6. The third kappa shape index (κ3) is 1.01. The van der Waals surface area contributed by atoms with Crippen molar-refractivity contribution in [1.82, 2.24) is 9.78 Å². The van der Waals surface area contributed by atoms with Crippen LogP contribution in [0.4, 0.5) is 0 Å². The molecule has 3 nitrogen and oxygen atoms in total. The van der Waals surface area contributed by atoms with Gasteiger partial charge in [-0.2, -0.15) is 10.4 Å². The van der Waals surface area contributed by atoms with E-state index in [9.17, 15) is 0 Å². The van der Waals surface area contributed by atoms with Gasteiger partial charge in [0, 0.05) is 12.7 Å². The number of hydrogen-bond donors (Lipinski definition) is 0. The highest BCUT2D eigenvalue weighted by Crippen LogP contribution is 2.02. The lowest BCUT2D eigenvalue weighted by atomic mass is 10.3. The van der Waals surface area contributed by atoms with Gasteiger partial charge < -0.3 is 0 Å². The van der Waals surface area contributed by atoms with Crippen LogP contribution in [-0.4, -0.2) is 9.78 Å². The third-order valence-electron chi connectivity index (χ3n) is 1.39. The lowest BCUT2D eigenvalue weighted by Crippen LogP contribution is -1.93. The SMILES string of the molecule is CCn1cc(C#N)c(C)n1. The second-order valence-electron chi connectivity index (χ2n) is 2.10. The molecule has 10 heavy (non-hydrogen) atoms. The topological polar surface area (TPSA) is 41.6 Å². The van der Waals surface area contributed by atoms with Gasteiger partial charge >= 0.3 is 0 Å². The van der Waals surface area contributed by atoms with Crippen LogP contribution in [0.5, 0.6) is 0 Å². The summed E-state index contributed by atoms with van der Waals surface area (Å²) in [7, 11) is 0. The average Bonchev–Trinajstić information content (AvgIpc) is 2.30. The second-order valence-corrected chi connectivity index (χ2v) is 2.10. The Hall–Kier alpha value is -1.30. The van der Waals surface area contributed by atoms with Crippen LogP contribution in [0.1, 0.15) is 18.2 Å². The van der Waals surface area contributed by atoms with E-state index in [4.69, 9.17) is 5.26 Å². The van der Waals surface area contributed by atoms with Crippen LogP contribution in [-0.2, 0) is 6.54 Å². The zero-order valence-electron chi connectivity index (χ0n) is 6.13. The summed E-state index contributed by atoms with van der Waals surface area (Å²) in [6.07, 6.45) is 1.76. The molecule has 0 amide bonds. The number of hydrogen-bond acceptors (Lipinski definition) is 2. The third-order valence-corrected chi connectivity index (χ3v) is 1.39. The molecule has 0 spiro atoms. The molecule has 0 radical (unpaired) electrons. The Morgan fingerprint density at radius 2 is 2.50 bits per heavy atom. The van der Waals surface area contributed by atoms with Crippen molar-refractivity contribution in [3.8, 4) is 6.07 Å². The largest absolute Gasteiger partial charge is 0.271 e. The first-order valence-electron chi connectivity index (χ1n) is 3.22. The molecule has 1 aromatic heterocycles. The number of nitrogens with zero attached hydrogens (tertiary/aromatic N) is 3. The lowest BCUT2D eigenvalue weighted by molar-refractivity contribution is 0.653. The zero-order chi connectivity index (χ0) is 7.56. The first-order valence-corrected chi connectivity index (χ1v) is 3.22. The van der Waals surface area contributed by atoms with Crippen molar-refractivity contribution in [3.05, 3.63) is 17.5 Å². The van der Waals surface area contributed by atoms with E-state index in [1.807, 2.05) is 13.8 Å². The van der Waals surface area contributed by atoms with Gasteiger partial charge in [-0.05, 0) is 13.8 Å². The van der Waals surface area contributed by atoms with Gasteiger partial charge in [-0.1, -0.05) is 0 Å². The van der Waals surface area contributed by atoms with Crippen molar-refractivity contribution >= 4 is 0 Å². The van der Waals surface area contributed by atoms with E-state index in [0.717, 1.165) is 12.2 Å². The maximum absolute atomic E-state index is 8.52. The first kappa shape index (κ1) is 6.81. The molecule has 0 aliphatic rings. The molecule has 0 aliphatic carbocycles. The van der Waals surface area contributed by atoms with E-state index in [-0.39, 0.29) is 0 Å². The van der Waals surface area contributed by atoms with Gasteiger partial charge in [-0.3, -0.25) is 4.68 Å². The molecule has 0 bridgehead atoms. The molecule has 1 aromatic rings. The molecule has 3 heteroatoms. The Morgan fingerprint density at radius 1 is 1.80 bits per heavy atom. The molecular formula is C7H9N3. The molecule has 0 saturated carbocycles. The number of nitriles is 1. The maximum atomic E-state index is 8.52. The Labute approximate surface area is 59.9 Å². The summed E-state index contributed by atoms with van der Waals surface area (Å²) in [6, 6.07) is 2.07. The van der Waals surface area contributed by atoms with Gasteiger partial charge in [-0.25, -0.2) is 0 Å². The Kier molecular flexibility index (Phi) is 1.72. The summed E-state index contributed by atoms with van der Waals surface area (Å²) in [5.41, 5.74) is 1.48. The predicted octanol–water partition coefficient (Wildman–Crippen LogP) is 1.08. The van der Waals surface area contributed by atoms with Crippen LogP contribution in [0.2, 0.25) is 0 Å². The molecule has 52 valence electrons. The van der Waals surface area contributed by atoms with Crippen molar-refractivity contribution in [3.63, 3.8) is 0 Å². The molecule has 1 heterocycles. The van der Waals surface area contributed by atoms with Gasteiger partial charge in [0.2, 0.25) is 0 Å². The van der Waals surface area contributed by atoms with Gasteiger partial charge in [-0.15, -0.1) is 0 Å². The minimum absolute atomic E-state index is 0.668. The lowest BCUT2D eigenvalue weighted by Gasteiger charge is -1.88. The highest BCUT2D eigenvalue weighted by atomic mass is 15.3. The van der Waals surface area contributed by atoms with Crippen molar-refractivity contribution in [2.45, 2.75) is 20.4 Å². The number of aryl methyl sites for hydroxylation is 2. The Bertz CT molecular complexity index is 267. The van der Waals surface area contributed by atoms with Gasteiger partial charge in [0.25, 0.3) is 0 Å². The molecular weight excluding hydrogens is 126 g/mol. The fourth-order valence-corrected chi connectivity index (χ4v) is 0.790. The average molecular weight is 135 g/mol. The molecule has 0 N–H and O–H groups in total. The monoisotopic (exact) mass is 135 g/mol. The fourth-order valence-electron chi connectivity index (χ4n) is 0.790. The van der Waals surface area contributed by atoms with Crippen LogP contribution in [0.15, 0.2) is 6.20 Å². The minimum atomic E-state index is 0.668. The number of aromatic nitrogens is 2. The summed E-state index contributed by atoms with van der Waals surface area (Å²) in [5.74, 6) is 0. The molecule has 0 fully saturated rings. The highest BCUT2D eigenvalue weighted by Gasteiger charge is 2.00. The highest BCUT2D eigenvalue weighted by molar-refractivity contribution is 5.29. The number of rotatable bonds is 1. The first-order chi connectivity index (χ1) is 4.77. The molecule has 0 aromatic carbocycles. The molecule has 0 aliphatic heterocycles. The smallest absolute Gasteiger partial charge is 0.103 e. The second kappa shape index (κ2) is 2.53. The van der Waals surface area contributed by atoms with Crippen molar-refractivity contribution in [2.24, 2.45) is 0 Å². The van der Waals surface area contributed by atoms with E-state index < -0.39 is 0 Å².